The van der Waals surface area contributed by atoms with Crippen molar-refractivity contribution in [3.8, 4) is 11.4 Å². The molecule has 1 aromatic carbocycles. The minimum atomic E-state index is -4.65. The van der Waals surface area contributed by atoms with Gasteiger partial charge in [0.25, 0.3) is 0 Å². The Hall–Kier alpha value is -3.76. The maximum absolute atomic E-state index is 13.1. The van der Waals surface area contributed by atoms with Gasteiger partial charge in [-0.3, -0.25) is 4.98 Å². The minimum Gasteiger partial charge on any atom is -0.399 e. The summed E-state index contributed by atoms with van der Waals surface area (Å²) in [6, 6.07) is 6.52. The summed E-state index contributed by atoms with van der Waals surface area (Å²) in [6.07, 6.45) is -1.56. The largest absolute Gasteiger partial charge is 0.418 e. The maximum atomic E-state index is 13.1. The van der Waals surface area contributed by atoms with Crippen LogP contribution in [0, 0.1) is 0 Å². The van der Waals surface area contributed by atoms with Crippen LogP contribution in [-0.4, -0.2) is 15.0 Å². The Morgan fingerprint density at radius 2 is 1.63 bits per heavy atom. The first kappa shape index (κ1) is 18.0. The van der Waals surface area contributed by atoms with Crippen LogP contribution >= 0.6 is 0 Å². The lowest BCUT2D eigenvalue weighted by atomic mass is 10.1. The van der Waals surface area contributed by atoms with Gasteiger partial charge in [-0.2, -0.15) is 13.2 Å². The van der Waals surface area contributed by atoms with Crippen LogP contribution in [0.4, 0.5) is 41.9 Å². The van der Waals surface area contributed by atoms with Gasteiger partial charge in [0, 0.05) is 23.6 Å². The average Bonchev–Trinajstić information content (AvgIpc) is 2.62. The van der Waals surface area contributed by atoms with Crippen molar-refractivity contribution in [2.75, 3.05) is 17.2 Å². The fraction of sp³-hybridized carbons (Fsp3) is 0.0625. The fourth-order valence-corrected chi connectivity index (χ4v) is 2.19. The first-order valence-electron chi connectivity index (χ1n) is 7.47. The number of nitrogen functional groups attached to an aromatic ring is 3. The van der Waals surface area contributed by atoms with Crippen LogP contribution < -0.4 is 17.2 Å². The number of anilines is 3. The molecule has 0 fully saturated rings. The number of pyridine rings is 1. The number of azo groups is 1. The van der Waals surface area contributed by atoms with E-state index in [9.17, 15) is 13.2 Å². The Balaban J connectivity index is 2.00. The highest BCUT2D eigenvalue weighted by molar-refractivity contribution is 5.73. The molecular formula is C16H13F3N8. The van der Waals surface area contributed by atoms with E-state index >= 15 is 0 Å². The lowest BCUT2D eigenvalue weighted by molar-refractivity contribution is -0.137. The van der Waals surface area contributed by atoms with Gasteiger partial charge in [0.15, 0.2) is 23.1 Å². The summed E-state index contributed by atoms with van der Waals surface area (Å²) in [7, 11) is 0. The summed E-state index contributed by atoms with van der Waals surface area (Å²) in [6.45, 7) is 0. The van der Waals surface area contributed by atoms with Crippen LogP contribution in [0.5, 0.6) is 0 Å². The molecule has 3 aromatic rings. The second kappa shape index (κ2) is 6.86. The predicted octanol–water partition coefficient (Wildman–Crippen LogP) is 3.72. The molecular weight excluding hydrogens is 361 g/mol. The van der Waals surface area contributed by atoms with Crippen LogP contribution in [0.2, 0.25) is 0 Å². The van der Waals surface area contributed by atoms with Crippen LogP contribution in [-0.2, 0) is 6.18 Å². The Morgan fingerprint density at radius 3 is 2.22 bits per heavy atom. The van der Waals surface area contributed by atoms with Gasteiger partial charge in [-0.1, -0.05) is 0 Å². The molecule has 0 radical (unpaired) electrons. The molecule has 27 heavy (non-hydrogen) atoms. The van der Waals surface area contributed by atoms with E-state index in [0.29, 0.717) is 5.56 Å². The molecule has 2 aromatic heterocycles. The SMILES string of the molecule is Nc1ccc(/N=N/c2c(N)nc(-c3cccnc3)nc2N)c(C(F)(F)F)c1. The summed E-state index contributed by atoms with van der Waals surface area (Å²) in [4.78, 5) is 12.0. The van der Waals surface area contributed by atoms with E-state index in [0.717, 1.165) is 12.1 Å². The van der Waals surface area contributed by atoms with Gasteiger partial charge in [0.05, 0.1) is 11.3 Å². The van der Waals surface area contributed by atoms with Crippen molar-refractivity contribution in [3.05, 3.63) is 48.3 Å². The number of nitrogens with zero attached hydrogens (tertiary/aromatic N) is 5. The standard InChI is InChI=1S/C16H13F3N8/c17-16(18,19)10-6-9(20)3-4-11(10)26-27-12-13(21)24-15(25-14(12)22)8-2-1-5-23-7-8/h1-7H,20H2,(H4,21,22,24,25)/b27-26+. The molecule has 138 valence electrons. The van der Waals surface area contributed by atoms with E-state index in [1.165, 1.54) is 12.3 Å². The quantitative estimate of drug-likeness (QED) is 0.471. The molecule has 0 spiro atoms. The van der Waals surface area contributed by atoms with Crippen molar-refractivity contribution < 1.29 is 13.2 Å². The van der Waals surface area contributed by atoms with E-state index in [2.05, 4.69) is 25.2 Å². The molecule has 0 unspecified atom stereocenters. The summed E-state index contributed by atoms with van der Waals surface area (Å²) in [5.74, 6) is -0.0521. The van der Waals surface area contributed by atoms with Gasteiger partial charge >= 0.3 is 6.18 Å². The van der Waals surface area contributed by atoms with Crippen molar-refractivity contribution in [2.24, 2.45) is 10.2 Å². The third kappa shape index (κ3) is 3.92. The third-order valence-corrected chi connectivity index (χ3v) is 3.44. The Labute approximate surface area is 151 Å². The van der Waals surface area contributed by atoms with Gasteiger partial charge in [0.1, 0.15) is 0 Å². The number of halogens is 3. The summed E-state index contributed by atoms with van der Waals surface area (Å²) in [5, 5.41) is 7.31. The van der Waals surface area contributed by atoms with Crippen LogP contribution in [0.25, 0.3) is 11.4 Å². The molecule has 0 atom stereocenters. The maximum Gasteiger partial charge on any atom is 0.418 e. The Bertz CT molecular complexity index is 979. The van der Waals surface area contributed by atoms with Crippen LogP contribution in [0.15, 0.2) is 53.0 Å². The van der Waals surface area contributed by atoms with Crippen molar-refractivity contribution in [3.63, 3.8) is 0 Å². The normalized spacial score (nSPS) is 11.8. The van der Waals surface area contributed by atoms with E-state index in [1.54, 1.807) is 18.3 Å². The highest BCUT2D eigenvalue weighted by Gasteiger charge is 2.34. The summed E-state index contributed by atoms with van der Waals surface area (Å²) < 4.78 is 39.3. The van der Waals surface area contributed by atoms with Crippen molar-refractivity contribution in [2.45, 2.75) is 6.18 Å². The number of nitrogens with two attached hydrogens (primary N) is 3. The third-order valence-electron chi connectivity index (χ3n) is 3.44. The number of alkyl halides is 3. The fourth-order valence-electron chi connectivity index (χ4n) is 2.19. The van der Waals surface area contributed by atoms with E-state index in [-0.39, 0.29) is 28.8 Å². The second-order valence-electron chi connectivity index (χ2n) is 5.38. The average molecular weight is 374 g/mol. The van der Waals surface area contributed by atoms with Crippen molar-refractivity contribution in [1.82, 2.24) is 15.0 Å². The molecule has 0 aliphatic carbocycles. The topological polar surface area (TPSA) is 141 Å². The molecule has 0 aliphatic heterocycles. The lowest BCUT2D eigenvalue weighted by Crippen LogP contribution is -2.06. The van der Waals surface area contributed by atoms with E-state index in [1.807, 2.05) is 0 Å². The first-order chi connectivity index (χ1) is 12.8. The molecule has 0 bridgehead atoms. The second-order valence-corrected chi connectivity index (χ2v) is 5.38. The van der Waals surface area contributed by atoms with Crippen LogP contribution in [0.3, 0.4) is 0 Å². The monoisotopic (exact) mass is 374 g/mol. The van der Waals surface area contributed by atoms with Gasteiger partial charge < -0.3 is 17.2 Å². The number of aromatic nitrogens is 3. The minimum absolute atomic E-state index is 0.0514. The molecule has 11 heteroatoms. The molecule has 2 heterocycles. The smallest absolute Gasteiger partial charge is 0.399 e. The lowest BCUT2D eigenvalue weighted by Gasteiger charge is -2.10. The predicted molar refractivity (Wildman–Crippen MR) is 94.1 cm³/mol. The highest BCUT2D eigenvalue weighted by atomic mass is 19.4. The first-order valence-corrected chi connectivity index (χ1v) is 7.47. The highest BCUT2D eigenvalue weighted by Crippen LogP contribution is 2.39. The molecule has 0 aliphatic rings. The van der Waals surface area contributed by atoms with Gasteiger partial charge in [0.2, 0.25) is 0 Å². The zero-order valence-corrected chi connectivity index (χ0v) is 13.6. The molecule has 0 saturated carbocycles. The molecule has 8 nitrogen and oxygen atoms in total. The van der Waals surface area contributed by atoms with E-state index < -0.39 is 17.4 Å². The zero-order chi connectivity index (χ0) is 19.6. The van der Waals surface area contributed by atoms with E-state index in [4.69, 9.17) is 17.2 Å². The number of hydrogen-bond donors (Lipinski definition) is 3. The number of rotatable bonds is 3. The summed E-state index contributed by atoms with van der Waals surface area (Å²) in [5.41, 5.74) is 16.0. The number of hydrogen-bond acceptors (Lipinski definition) is 8. The van der Waals surface area contributed by atoms with Crippen molar-refractivity contribution >= 4 is 28.7 Å². The summed E-state index contributed by atoms with van der Waals surface area (Å²) >= 11 is 0. The van der Waals surface area contributed by atoms with Gasteiger partial charge in [-0.05, 0) is 30.3 Å². The molecule has 3 rings (SSSR count). The van der Waals surface area contributed by atoms with Gasteiger partial charge in [-0.25, -0.2) is 9.97 Å². The zero-order valence-electron chi connectivity index (χ0n) is 13.6. The van der Waals surface area contributed by atoms with Crippen molar-refractivity contribution in [1.29, 1.82) is 0 Å². The molecule has 0 saturated heterocycles. The Kier molecular flexibility index (Phi) is 4.59. The Morgan fingerprint density at radius 1 is 0.926 bits per heavy atom. The molecule has 0 amide bonds. The van der Waals surface area contributed by atoms with Crippen LogP contribution in [0.1, 0.15) is 5.56 Å². The molecule has 6 N–H and O–H groups in total. The number of benzene rings is 1. The van der Waals surface area contributed by atoms with Gasteiger partial charge in [-0.15, -0.1) is 10.2 Å².